The maximum atomic E-state index is 12.2. The van der Waals surface area contributed by atoms with Crippen LogP contribution >= 0.6 is 0 Å². The van der Waals surface area contributed by atoms with E-state index < -0.39 is 5.63 Å². The van der Waals surface area contributed by atoms with Crippen LogP contribution in [0, 0.1) is 17.8 Å². The molecule has 0 amide bonds. The number of fused-ring (bicyclic) bond motifs is 3. The first-order chi connectivity index (χ1) is 12.1. The maximum absolute atomic E-state index is 12.2. The smallest absolute Gasteiger partial charge is 0.336 e. The van der Waals surface area contributed by atoms with Crippen LogP contribution in [0.2, 0.25) is 0 Å². The number of hydrogen-bond donors (Lipinski definition) is 0. The lowest BCUT2D eigenvalue weighted by Crippen LogP contribution is -2.17. The summed E-state index contributed by atoms with van der Waals surface area (Å²) in [4.78, 5) is 24.0. The fourth-order valence-corrected chi connectivity index (χ4v) is 4.51. The SMILES string of the molecule is COc1ccc2c(COC(=O)CC3CC4CCC3C4)cc(=O)oc2c1. The van der Waals surface area contributed by atoms with Crippen molar-refractivity contribution < 1.29 is 18.7 Å². The van der Waals surface area contributed by atoms with E-state index >= 15 is 0 Å². The number of benzene rings is 1. The highest BCUT2D eigenvalue weighted by molar-refractivity contribution is 5.81. The summed E-state index contributed by atoms with van der Waals surface area (Å²) in [5.74, 6) is 2.44. The Morgan fingerprint density at radius 3 is 2.84 bits per heavy atom. The minimum atomic E-state index is -0.458. The molecule has 1 heterocycles. The van der Waals surface area contributed by atoms with Gasteiger partial charge in [0.15, 0.2) is 0 Å². The lowest BCUT2D eigenvalue weighted by Gasteiger charge is -2.20. The molecule has 2 fully saturated rings. The van der Waals surface area contributed by atoms with Crippen LogP contribution in [-0.4, -0.2) is 13.1 Å². The highest BCUT2D eigenvalue weighted by Gasteiger charge is 2.40. The minimum Gasteiger partial charge on any atom is -0.497 e. The van der Waals surface area contributed by atoms with Gasteiger partial charge < -0.3 is 13.9 Å². The number of hydrogen-bond acceptors (Lipinski definition) is 5. The van der Waals surface area contributed by atoms with Gasteiger partial charge >= 0.3 is 11.6 Å². The molecule has 0 N–H and O–H groups in total. The minimum absolute atomic E-state index is 0.0913. The van der Waals surface area contributed by atoms with Crippen LogP contribution in [0.25, 0.3) is 11.0 Å². The largest absolute Gasteiger partial charge is 0.497 e. The van der Waals surface area contributed by atoms with E-state index in [4.69, 9.17) is 13.9 Å². The predicted molar refractivity (Wildman–Crippen MR) is 92.4 cm³/mol. The van der Waals surface area contributed by atoms with E-state index in [0.29, 0.717) is 35.2 Å². The quantitative estimate of drug-likeness (QED) is 0.613. The van der Waals surface area contributed by atoms with Gasteiger partial charge in [0.25, 0.3) is 0 Å². The molecule has 25 heavy (non-hydrogen) atoms. The molecule has 0 radical (unpaired) electrons. The van der Waals surface area contributed by atoms with Crippen molar-refractivity contribution in [2.24, 2.45) is 17.8 Å². The molecule has 5 heteroatoms. The first kappa shape index (κ1) is 16.2. The second-order valence-corrected chi connectivity index (χ2v) is 7.25. The van der Waals surface area contributed by atoms with Gasteiger partial charge in [0.05, 0.1) is 7.11 Å². The molecule has 0 saturated heterocycles. The molecular formula is C20H22O5. The molecule has 2 saturated carbocycles. The molecule has 3 atom stereocenters. The van der Waals surface area contributed by atoms with Gasteiger partial charge in [0, 0.05) is 29.5 Å². The monoisotopic (exact) mass is 342 g/mol. The van der Waals surface area contributed by atoms with E-state index in [9.17, 15) is 9.59 Å². The summed E-state index contributed by atoms with van der Waals surface area (Å²) >= 11 is 0. The molecular weight excluding hydrogens is 320 g/mol. The highest BCUT2D eigenvalue weighted by atomic mass is 16.5. The topological polar surface area (TPSA) is 65.7 Å². The average molecular weight is 342 g/mol. The van der Waals surface area contributed by atoms with Crippen molar-refractivity contribution in [3.8, 4) is 5.75 Å². The van der Waals surface area contributed by atoms with Gasteiger partial charge in [0.1, 0.15) is 17.9 Å². The van der Waals surface area contributed by atoms with Crippen molar-refractivity contribution in [1.82, 2.24) is 0 Å². The first-order valence-corrected chi connectivity index (χ1v) is 8.89. The van der Waals surface area contributed by atoms with E-state index in [1.807, 2.05) is 6.07 Å². The predicted octanol–water partition coefficient (Wildman–Crippen LogP) is 3.67. The van der Waals surface area contributed by atoms with Crippen LogP contribution < -0.4 is 10.4 Å². The van der Waals surface area contributed by atoms with Gasteiger partial charge in [0.2, 0.25) is 0 Å². The van der Waals surface area contributed by atoms with Crippen LogP contribution in [0.1, 0.15) is 37.7 Å². The fraction of sp³-hybridized carbons (Fsp3) is 0.500. The third kappa shape index (κ3) is 3.28. The number of methoxy groups -OCH3 is 1. The number of rotatable bonds is 5. The van der Waals surface area contributed by atoms with E-state index in [2.05, 4.69) is 0 Å². The Morgan fingerprint density at radius 1 is 1.24 bits per heavy atom. The summed E-state index contributed by atoms with van der Waals surface area (Å²) in [5, 5.41) is 0.758. The van der Waals surface area contributed by atoms with Gasteiger partial charge in [-0.05, 0) is 49.1 Å². The normalized spacial score (nSPS) is 24.6. The number of carbonyl (C=O) groups excluding carboxylic acids is 1. The molecule has 2 aliphatic carbocycles. The molecule has 3 unspecified atom stereocenters. The molecule has 4 rings (SSSR count). The van der Waals surface area contributed by atoms with Gasteiger partial charge in [-0.25, -0.2) is 4.79 Å². The second-order valence-electron chi connectivity index (χ2n) is 7.25. The van der Waals surface area contributed by atoms with Gasteiger partial charge in [-0.2, -0.15) is 0 Å². The van der Waals surface area contributed by atoms with E-state index in [-0.39, 0.29) is 12.6 Å². The summed E-state index contributed by atoms with van der Waals surface area (Å²) < 4.78 is 15.8. The summed E-state index contributed by atoms with van der Waals surface area (Å²) in [6.45, 7) is 0.0913. The Balaban J connectivity index is 1.45. The van der Waals surface area contributed by atoms with Crippen molar-refractivity contribution in [2.45, 2.75) is 38.7 Å². The van der Waals surface area contributed by atoms with Gasteiger partial charge in [-0.3, -0.25) is 4.79 Å². The molecule has 5 nitrogen and oxygen atoms in total. The van der Waals surface area contributed by atoms with Crippen LogP contribution in [0.15, 0.2) is 33.5 Å². The Hall–Kier alpha value is -2.30. The molecule has 2 aromatic rings. The summed E-state index contributed by atoms with van der Waals surface area (Å²) in [7, 11) is 1.56. The molecule has 132 valence electrons. The fourth-order valence-electron chi connectivity index (χ4n) is 4.51. The van der Waals surface area contributed by atoms with E-state index in [1.165, 1.54) is 25.3 Å². The lowest BCUT2D eigenvalue weighted by atomic mass is 9.86. The van der Waals surface area contributed by atoms with Crippen LogP contribution in [-0.2, 0) is 16.1 Å². The molecule has 2 bridgehead atoms. The third-order valence-electron chi connectivity index (χ3n) is 5.74. The summed E-state index contributed by atoms with van der Waals surface area (Å²) in [6, 6.07) is 6.66. The van der Waals surface area contributed by atoms with Crippen LogP contribution in [0.5, 0.6) is 5.75 Å². The van der Waals surface area contributed by atoms with E-state index in [0.717, 1.165) is 17.7 Å². The zero-order valence-corrected chi connectivity index (χ0v) is 14.3. The zero-order chi connectivity index (χ0) is 17.4. The number of carbonyl (C=O) groups is 1. The van der Waals surface area contributed by atoms with Gasteiger partial charge in [-0.15, -0.1) is 0 Å². The molecule has 0 aliphatic heterocycles. The summed E-state index contributed by atoms with van der Waals surface area (Å²) in [5.41, 5.74) is 0.640. The van der Waals surface area contributed by atoms with Crippen molar-refractivity contribution in [1.29, 1.82) is 0 Å². The molecule has 0 spiro atoms. The van der Waals surface area contributed by atoms with E-state index in [1.54, 1.807) is 19.2 Å². The van der Waals surface area contributed by atoms with Gasteiger partial charge in [-0.1, -0.05) is 6.42 Å². The van der Waals surface area contributed by atoms with Crippen molar-refractivity contribution in [3.63, 3.8) is 0 Å². The van der Waals surface area contributed by atoms with Crippen molar-refractivity contribution in [2.75, 3.05) is 7.11 Å². The Kier molecular flexibility index (Phi) is 4.24. The zero-order valence-electron chi connectivity index (χ0n) is 14.3. The maximum Gasteiger partial charge on any atom is 0.336 e. The number of esters is 1. The van der Waals surface area contributed by atoms with Crippen LogP contribution in [0.3, 0.4) is 0 Å². The van der Waals surface area contributed by atoms with Crippen molar-refractivity contribution in [3.05, 3.63) is 40.2 Å². The molecule has 1 aromatic heterocycles. The molecule has 2 aliphatic rings. The summed E-state index contributed by atoms with van der Waals surface area (Å²) in [6.07, 6.45) is 5.52. The average Bonchev–Trinajstić information content (AvgIpc) is 3.21. The standard InChI is InChI=1S/C20H22O5/c1-23-16-4-5-17-15(9-20(22)25-18(17)10-16)11-24-19(21)8-14-7-12-2-3-13(14)6-12/h4-5,9-10,12-14H,2-3,6-8,11H2,1H3. The highest BCUT2D eigenvalue weighted by Crippen LogP contribution is 2.49. The third-order valence-corrected chi connectivity index (χ3v) is 5.74. The lowest BCUT2D eigenvalue weighted by molar-refractivity contribution is -0.146. The Morgan fingerprint density at radius 2 is 2.12 bits per heavy atom. The van der Waals surface area contributed by atoms with Crippen molar-refractivity contribution >= 4 is 16.9 Å². The molecule has 1 aromatic carbocycles. The second kappa shape index (κ2) is 6.54. The Labute approximate surface area is 145 Å². The number of ether oxygens (including phenoxy) is 2. The van der Waals surface area contributed by atoms with Crippen LogP contribution in [0.4, 0.5) is 0 Å². The first-order valence-electron chi connectivity index (χ1n) is 8.89. The Bertz CT molecular complexity index is 853.